The Morgan fingerprint density at radius 1 is 0.840 bits per heavy atom. The summed E-state index contributed by atoms with van der Waals surface area (Å²) in [6, 6.07) is 1.41. The van der Waals surface area contributed by atoms with Gasteiger partial charge in [0.05, 0.1) is 6.10 Å². The van der Waals surface area contributed by atoms with Crippen molar-refractivity contribution in [2.24, 2.45) is 0 Å². The van der Waals surface area contributed by atoms with E-state index in [4.69, 9.17) is 5.26 Å². The van der Waals surface area contributed by atoms with Crippen LogP contribution in [0.5, 0.6) is 0 Å². The van der Waals surface area contributed by atoms with E-state index in [-0.39, 0.29) is 18.1 Å². The molecule has 1 N–H and O–H groups in total. The molecule has 0 aliphatic rings. The van der Waals surface area contributed by atoms with Crippen LogP contribution in [0.25, 0.3) is 0 Å². The van der Waals surface area contributed by atoms with Gasteiger partial charge < -0.3 is 0 Å². The molecule has 0 spiro atoms. The van der Waals surface area contributed by atoms with Gasteiger partial charge in [0.15, 0.2) is 0 Å². The molecule has 5 heteroatoms. The number of hydrogen-bond acceptors (Lipinski definition) is 2. The molecule has 0 fully saturated rings. The van der Waals surface area contributed by atoms with Crippen LogP contribution in [0.15, 0.2) is 12.1 Å². The highest BCUT2D eigenvalue weighted by Gasteiger charge is 2.12. The fourth-order valence-corrected chi connectivity index (χ4v) is 3.06. The lowest BCUT2D eigenvalue weighted by Gasteiger charge is -2.13. The van der Waals surface area contributed by atoms with Crippen LogP contribution in [0.2, 0.25) is 0 Å². The Hall–Kier alpha value is -1.07. The standard InChI is InChI=1S/C20H31F3O2/c1-2-3-4-5-6-7-8-11-17(25-24)12-9-10-13-18-19(22)14-16(21)15-20(18)23/h14-15,17,24H,2-13H2,1H3. The van der Waals surface area contributed by atoms with Crippen molar-refractivity contribution in [3.8, 4) is 0 Å². The summed E-state index contributed by atoms with van der Waals surface area (Å²) in [6.07, 6.45) is 11.1. The van der Waals surface area contributed by atoms with Crippen molar-refractivity contribution >= 4 is 0 Å². The van der Waals surface area contributed by atoms with Crippen molar-refractivity contribution in [2.75, 3.05) is 0 Å². The Kier molecular flexibility index (Phi) is 11.6. The van der Waals surface area contributed by atoms with Gasteiger partial charge in [-0.15, -0.1) is 0 Å². The number of unbranched alkanes of at least 4 members (excludes halogenated alkanes) is 7. The van der Waals surface area contributed by atoms with E-state index >= 15 is 0 Å². The van der Waals surface area contributed by atoms with E-state index in [0.29, 0.717) is 31.4 Å². The van der Waals surface area contributed by atoms with Crippen LogP contribution in [-0.2, 0) is 11.3 Å². The van der Waals surface area contributed by atoms with Gasteiger partial charge in [-0.3, -0.25) is 5.26 Å². The summed E-state index contributed by atoms with van der Waals surface area (Å²) in [4.78, 5) is 4.51. The summed E-state index contributed by atoms with van der Waals surface area (Å²) in [5.41, 5.74) is -0.0741. The van der Waals surface area contributed by atoms with Crippen molar-refractivity contribution in [1.29, 1.82) is 0 Å². The van der Waals surface area contributed by atoms with Crippen LogP contribution in [-0.4, -0.2) is 11.4 Å². The predicted molar refractivity (Wildman–Crippen MR) is 94.0 cm³/mol. The van der Waals surface area contributed by atoms with E-state index in [9.17, 15) is 13.2 Å². The van der Waals surface area contributed by atoms with E-state index in [1.54, 1.807) is 0 Å². The van der Waals surface area contributed by atoms with Crippen molar-refractivity contribution < 1.29 is 23.3 Å². The van der Waals surface area contributed by atoms with Crippen molar-refractivity contribution in [2.45, 2.75) is 90.1 Å². The van der Waals surface area contributed by atoms with Gasteiger partial charge in [0.1, 0.15) is 17.5 Å². The largest absolute Gasteiger partial charge is 0.252 e. The average molecular weight is 360 g/mol. The minimum absolute atomic E-state index is 0.0741. The first-order valence-corrected chi connectivity index (χ1v) is 9.52. The van der Waals surface area contributed by atoms with Crippen LogP contribution in [0.4, 0.5) is 13.2 Å². The lowest BCUT2D eigenvalue weighted by molar-refractivity contribution is -0.281. The monoisotopic (exact) mass is 360 g/mol. The molecule has 0 bridgehead atoms. The quantitative estimate of drug-likeness (QED) is 0.224. The highest BCUT2D eigenvalue weighted by atomic mass is 19.1. The summed E-state index contributed by atoms with van der Waals surface area (Å²) in [6.45, 7) is 2.20. The predicted octanol–water partition coefficient (Wildman–Crippen LogP) is 6.82. The maximum atomic E-state index is 13.5. The maximum absolute atomic E-state index is 13.5. The molecular formula is C20H31F3O2. The first-order valence-electron chi connectivity index (χ1n) is 9.52. The molecule has 0 radical (unpaired) electrons. The van der Waals surface area contributed by atoms with Crippen molar-refractivity contribution in [3.05, 3.63) is 35.1 Å². The van der Waals surface area contributed by atoms with Crippen LogP contribution >= 0.6 is 0 Å². The van der Waals surface area contributed by atoms with Crippen LogP contribution < -0.4 is 0 Å². The molecule has 0 aromatic heterocycles. The molecule has 0 aliphatic carbocycles. The molecule has 1 aromatic rings. The smallest absolute Gasteiger partial charge is 0.132 e. The van der Waals surface area contributed by atoms with Crippen molar-refractivity contribution in [1.82, 2.24) is 0 Å². The molecular weight excluding hydrogens is 329 g/mol. The Morgan fingerprint density at radius 3 is 1.92 bits per heavy atom. The molecule has 0 aliphatic heterocycles. The van der Waals surface area contributed by atoms with Gasteiger partial charge in [0, 0.05) is 17.7 Å². The summed E-state index contributed by atoms with van der Waals surface area (Å²) in [5, 5.41) is 8.97. The minimum atomic E-state index is -0.901. The molecule has 0 saturated heterocycles. The number of halogens is 3. The summed E-state index contributed by atoms with van der Waals surface area (Å²) in [7, 11) is 0. The molecule has 2 nitrogen and oxygen atoms in total. The molecule has 1 unspecified atom stereocenters. The normalized spacial score (nSPS) is 12.5. The van der Waals surface area contributed by atoms with Gasteiger partial charge in [-0.2, -0.15) is 0 Å². The SMILES string of the molecule is CCCCCCCCCC(CCCCc1c(F)cc(F)cc1F)OO. The fraction of sp³-hybridized carbons (Fsp3) is 0.700. The summed E-state index contributed by atoms with van der Waals surface area (Å²) < 4.78 is 39.9. The lowest BCUT2D eigenvalue weighted by atomic mass is 10.0. The van der Waals surface area contributed by atoms with Crippen LogP contribution in [0.3, 0.4) is 0 Å². The second-order valence-electron chi connectivity index (χ2n) is 6.73. The van der Waals surface area contributed by atoms with E-state index in [1.165, 1.54) is 32.1 Å². The Bertz CT molecular complexity index is 457. The summed E-state index contributed by atoms with van der Waals surface area (Å²) in [5.74, 6) is -2.58. The second kappa shape index (κ2) is 13.2. The highest BCUT2D eigenvalue weighted by Crippen LogP contribution is 2.19. The average Bonchev–Trinajstić information content (AvgIpc) is 2.57. The third-order valence-electron chi connectivity index (χ3n) is 4.59. The first kappa shape index (κ1) is 22.0. The molecule has 1 atom stereocenters. The number of hydrogen-bond donors (Lipinski definition) is 1. The van der Waals surface area contributed by atoms with Crippen LogP contribution in [0.1, 0.15) is 83.1 Å². The van der Waals surface area contributed by atoms with E-state index in [0.717, 1.165) is 19.3 Å². The zero-order chi connectivity index (χ0) is 18.5. The minimum Gasteiger partial charge on any atom is -0.252 e. The van der Waals surface area contributed by atoms with Crippen LogP contribution in [0, 0.1) is 17.5 Å². The van der Waals surface area contributed by atoms with E-state index < -0.39 is 17.5 Å². The molecule has 0 saturated carbocycles. The van der Waals surface area contributed by atoms with E-state index in [1.807, 2.05) is 0 Å². The molecule has 0 amide bonds. The zero-order valence-electron chi connectivity index (χ0n) is 15.2. The van der Waals surface area contributed by atoms with Crippen molar-refractivity contribution in [3.63, 3.8) is 0 Å². The third-order valence-corrected chi connectivity index (χ3v) is 4.59. The maximum Gasteiger partial charge on any atom is 0.132 e. The second-order valence-corrected chi connectivity index (χ2v) is 6.73. The Labute approximate surface area is 149 Å². The number of rotatable bonds is 14. The molecule has 1 rings (SSSR count). The summed E-state index contributed by atoms with van der Waals surface area (Å²) >= 11 is 0. The Morgan fingerprint density at radius 2 is 1.36 bits per heavy atom. The lowest BCUT2D eigenvalue weighted by Crippen LogP contribution is -2.11. The third kappa shape index (κ3) is 9.26. The molecule has 144 valence electrons. The molecule has 1 aromatic carbocycles. The van der Waals surface area contributed by atoms with Gasteiger partial charge in [0.2, 0.25) is 0 Å². The highest BCUT2D eigenvalue weighted by molar-refractivity contribution is 5.20. The molecule has 25 heavy (non-hydrogen) atoms. The van der Waals surface area contributed by atoms with Gasteiger partial charge in [-0.05, 0) is 25.7 Å². The zero-order valence-corrected chi connectivity index (χ0v) is 15.2. The molecule has 0 heterocycles. The topological polar surface area (TPSA) is 29.5 Å². The first-order chi connectivity index (χ1) is 12.1. The van der Waals surface area contributed by atoms with Gasteiger partial charge in [-0.1, -0.05) is 58.3 Å². The van der Waals surface area contributed by atoms with Gasteiger partial charge in [0.25, 0.3) is 0 Å². The van der Waals surface area contributed by atoms with Gasteiger partial charge >= 0.3 is 0 Å². The Balaban J connectivity index is 2.16. The number of benzene rings is 1. The fourth-order valence-electron chi connectivity index (χ4n) is 3.06. The van der Waals surface area contributed by atoms with Gasteiger partial charge in [-0.25, -0.2) is 18.1 Å². The van der Waals surface area contributed by atoms with E-state index in [2.05, 4.69) is 11.8 Å².